The summed E-state index contributed by atoms with van der Waals surface area (Å²) in [6.45, 7) is 13.9. The maximum absolute atomic E-state index is 3.72. The smallest absolute Gasteiger partial charge is 0.00692 e. The van der Waals surface area contributed by atoms with Gasteiger partial charge in [-0.2, -0.15) is 0 Å². The lowest BCUT2D eigenvalue weighted by molar-refractivity contribution is 0.289. The van der Waals surface area contributed by atoms with Crippen LogP contribution < -0.4 is 5.32 Å². The quantitative estimate of drug-likeness (QED) is 0.595. The van der Waals surface area contributed by atoms with Crippen molar-refractivity contribution in [2.45, 2.75) is 79.3 Å². The van der Waals surface area contributed by atoms with Gasteiger partial charge >= 0.3 is 0 Å². The highest BCUT2D eigenvalue weighted by Gasteiger charge is 2.16. The molecule has 15 heavy (non-hydrogen) atoms. The Bertz CT molecular complexity index is 142. The van der Waals surface area contributed by atoms with Crippen molar-refractivity contribution in [3.63, 3.8) is 0 Å². The molecule has 1 heteroatoms. The molecule has 0 fully saturated rings. The number of rotatable bonds is 8. The van der Waals surface area contributed by atoms with Crippen molar-refractivity contribution < 1.29 is 0 Å². The van der Waals surface area contributed by atoms with Crippen molar-refractivity contribution >= 4 is 0 Å². The molecule has 0 radical (unpaired) electrons. The van der Waals surface area contributed by atoms with Crippen molar-refractivity contribution in [2.24, 2.45) is 11.8 Å². The van der Waals surface area contributed by atoms with Gasteiger partial charge in [0, 0.05) is 12.1 Å². The standard InChI is InChI=1S/C14H31N/c1-7-8-9-10-12(4)15-14(6)13(5)11(2)3/h11-15H,7-10H2,1-6H3. The van der Waals surface area contributed by atoms with E-state index in [-0.39, 0.29) is 0 Å². The van der Waals surface area contributed by atoms with E-state index in [0.717, 1.165) is 11.8 Å². The van der Waals surface area contributed by atoms with E-state index in [1.807, 2.05) is 0 Å². The average molecular weight is 213 g/mol. The van der Waals surface area contributed by atoms with E-state index >= 15 is 0 Å². The summed E-state index contributed by atoms with van der Waals surface area (Å²) in [6, 6.07) is 1.31. The van der Waals surface area contributed by atoms with E-state index < -0.39 is 0 Å². The largest absolute Gasteiger partial charge is 0.312 e. The lowest BCUT2D eigenvalue weighted by atomic mass is 9.91. The van der Waals surface area contributed by atoms with E-state index in [1.54, 1.807) is 0 Å². The molecule has 0 bridgehead atoms. The van der Waals surface area contributed by atoms with Gasteiger partial charge in [-0.1, -0.05) is 47.0 Å². The first-order chi connectivity index (χ1) is 6.99. The summed E-state index contributed by atoms with van der Waals surface area (Å²) in [7, 11) is 0. The molecule has 0 aliphatic rings. The van der Waals surface area contributed by atoms with Gasteiger partial charge in [-0.25, -0.2) is 0 Å². The topological polar surface area (TPSA) is 12.0 Å². The molecule has 0 rings (SSSR count). The van der Waals surface area contributed by atoms with Crippen LogP contribution in [0.25, 0.3) is 0 Å². The normalized spacial score (nSPS) is 17.8. The number of hydrogen-bond acceptors (Lipinski definition) is 1. The highest BCUT2D eigenvalue weighted by molar-refractivity contribution is 4.74. The van der Waals surface area contributed by atoms with Crippen LogP contribution in [-0.2, 0) is 0 Å². The molecule has 0 spiro atoms. The van der Waals surface area contributed by atoms with Crippen molar-refractivity contribution in [1.29, 1.82) is 0 Å². The molecule has 0 heterocycles. The van der Waals surface area contributed by atoms with Gasteiger partial charge in [-0.15, -0.1) is 0 Å². The first kappa shape index (κ1) is 15.0. The molecule has 1 nitrogen and oxygen atoms in total. The molecule has 0 aromatic rings. The zero-order valence-corrected chi connectivity index (χ0v) is 11.6. The van der Waals surface area contributed by atoms with Crippen LogP contribution in [0.3, 0.4) is 0 Å². The molecule has 0 saturated heterocycles. The molecule has 0 aromatic heterocycles. The lowest BCUT2D eigenvalue weighted by Gasteiger charge is -2.27. The van der Waals surface area contributed by atoms with Crippen LogP contribution in [0.5, 0.6) is 0 Å². The third-order valence-electron chi connectivity index (χ3n) is 3.63. The molecule has 1 N–H and O–H groups in total. The second kappa shape index (κ2) is 8.15. The van der Waals surface area contributed by atoms with Gasteiger partial charge in [0.2, 0.25) is 0 Å². The van der Waals surface area contributed by atoms with Gasteiger partial charge in [0.1, 0.15) is 0 Å². The third kappa shape index (κ3) is 6.94. The predicted molar refractivity (Wildman–Crippen MR) is 70.2 cm³/mol. The Morgan fingerprint density at radius 1 is 0.933 bits per heavy atom. The van der Waals surface area contributed by atoms with Gasteiger partial charge in [0.25, 0.3) is 0 Å². The van der Waals surface area contributed by atoms with Crippen LogP contribution in [0.2, 0.25) is 0 Å². The zero-order chi connectivity index (χ0) is 11.8. The van der Waals surface area contributed by atoms with Crippen molar-refractivity contribution in [1.82, 2.24) is 5.32 Å². The Kier molecular flexibility index (Phi) is 8.13. The molecule has 0 saturated carbocycles. The molecular formula is C14H31N. The third-order valence-corrected chi connectivity index (χ3v) is 3.63. The SMILES string of the molecule is CCCCCC(C)NC(C)C(C)C(C)C. The monoisotopic (exact) mass is 213 g/mol. The molecule has 3 atom stereocenters. The molecular weight excluding hydrogens is 182 g/mol. The van der Waals surface area contributed by atoms with E-state index in [1.165, 1.54) is 25.7 Å². The summed E-state index contributed by atoms with van der Waals surface area (Å²) in [5.41, 5.74) is 0. The van der Waals surface area contributed by atoms with Crippen molar-refractivity contribution in [2.75, 3.05) is 0 Å². The van der Waals surface area contributed by atoms with Crippen molar-refractivity contribution in [3.05, 3.63) is 0 Å². The molecule has 92 valence electrons. The fraction of sp³-hybridized carbons (Fsp3) is 1.00. The minimum absolute atomic E-state index is 0.640. The Morgan fingerprint density at radius 2 is 1.53 bits per heavy atom. The first-order valence-electron chi connectivity index (χ1n) is 6.75. The van der Waals surface area contributed by atoms with E-state index in [2.05, 4.69) is 46.9 Å². The van der Waals surface area contributed by atoms with Gasteiger partial charge in [-0.05, 0) is 32.1 Å². The van der Waals surface area contributed by atoms with Crippen LogP contribution in [0.15, 0.2) is 0 Å². The van der Waals surface area contributed by atoms with Gasteiger partial charge in [0.05, 0.1) is 0 Å². The maximum atomic E-state index is 3.72. The summed E-state index contributed by atoms with van der Waals surface area (Å²) in [6.07, 6.45) is 5.39. The molecule has 0 aromatic carbocycles. The Labute approximate surface area is 97.0 Å². The Morgan fingerprint density at radius 3 is 2.00 bits per heavy atom. The van der Waals surface area contributed by atoms with Crippen LogP contribution in [0, 0.1) is 11.8 Å². The second-order valence-electron chi connectivity index (χ2n) is 5.46. The maximum Gasteiger partial charge on any atom is 0.00692 e. The van der Waals surface area contributed by atoms with Crippen molar-refractivity contribution in [3.8, 4) is 0 Å². The average Bonchev–Trinajstić information content (AvgIpc) is 2.16. The highest BCUT2D eigenvalue weighted by atomic mass is 14.9. The summed E-state index contributed by atoms with van der Waals surface area (Å²) >= 11 is 0. The van der Waals surface area contributed by atoms with Gasteiger partial charge in [0.15, 0.2) is 0 Å². The lowest BCUT2D eigenvalue weighted by Crippen LogP contribution is -2.40. The predicted octanol–water partition coefficient (Wildman–Crippen LogP) is 4.23. The summed E-state index contributed by atoms with van der Waals surface area (Å²) in [5.74, 6) is 1.54. The molecule has 3 unspecified atom stereocenters. The Balaban J connectivity index is 3.70. The van der Waals surface area contributed by atoms with Gasteiger partial charge < -0.3 is 5.32 Å². The molecule has 0 amide bonds. The fourth-order valence-electron chi connectivity index (χ4n) is 1.96. The van der Waals surface area contributed by atoms with Crippen LogP contribution in [-0.4, -0.2) is 12.1 Å². The zero-order valence-electron chi connectivity index (χ0n) is 11.6. The van der Waals surface area contributed by atoms with E-state index in [0.29, 0.717) is 12.1 Å². The minimum atomic E-state index is 0.640. The van der Waals surface area contributed by atoms with E-state index in [4.69, 9.17) is 0 Å². The highest BCUT2D eigenvalue weighted by Crippen LogP contribution is 2.15. The fourth-order valence-corrected chi connectivity index (χ4v) is 1.96. The van der Waals surface area contributed by atoms with Crippen LogP contribution >= 0.6 is 0 Å². The number of hydrogen-bond donors (Lipinski definition) is 1. The summed E-state index contributed by atoms with van der Waals surface area (Å²) in [4.78, 5) is 0. The number of nitrogens with one attached hydrogen (secondary N) is 1. The first-order valence-corrected chi connectivity index (χ1v) is 6.75. The Hall–Kier alpha value is -0.0400. The second-order valence-corrected chi connectivity index (χ2v) is 5.46. The molecule has 0 aliphatic heterocycles. The minimum Gasteiger partial charge on any atom is -0.312 e. The van der Waals surface area contributed by atoms with E-state index in [9.17, 15) is 0 Å². The number of unbranched alkanes of at least 4 members (excludes halogenated alkanes) is 2. The van der Waals surface area contributed by atoms with Crippen LogP contribution in [0.1, 0.15) is 67.2 Å². The summed E-state index contributed by atoms with van der Waals surface area (Å²) < 4.78 is 0. The van der Waals surface area contributed by atoms with Gasteiger partial charge in [-0.3, -0.25) is 0 Å². The molecule has 0 aliphatic carbocycles. The van der Waals surface area contributed by atoms with Crippen LogP contribution in [0.4, 0.5) is 0 Å². The summed E-state index contributed by atoms with van der Waals surface area (Å²) in [5, 5.41) is 3.72.